The number of aliphatic carboxylic acids is 1. The fourth-order valence-corrected chi connectivity index (χ4v) is 2.31. The summed E-state index contributed by atoms with van der Waals surface area (Å²) in [6.45, 7) is 3.35. The van der Waals surface area contributed by atoms with E-state index in [1.165, 1.54) is 11.8 Å². The molecule has 3 N–H and O–H groups in total. The molecule has 1 atom stereocenters. The highest BCUT2D eigenvalue weighted by molar-refractivity contribution is 7.98. The first kappa shape index (κ1) is 16.2. The van der Waals surface area contributed by atoms with Crippen LogP contribution in [0.25, 0.3) is 0 Å². The molecule has 0 bridgehead atoms. The smallest absolute Gasteiger partial charge is 0.346 e. The van der Waals surface area contributed by atoms with Gasteiger partial charge in [0.1, 0.15) is 5.03 Å². The van der Waals surface area contributed by atoms with Crippen LogP contribution >= 0.6 is 11.8 Å². The summed E-state index contributed by atoms with van der Waals surface area (Å²) in [4.78, 5) is 40.2. The van der Waals surface area contributed by atoms with Crippen molar-refractivity contribution in [1.29, 1.82) is 0 Å². The Bertz CT molecular complexity index is 570. The number of hydrogen-bond donors (Lipinski definition) is 3. The molecule has 0 aliphatic heterocycles. The van der Waals surface area contributed by atoms with Crippen molar-refractivity contribution in [3.63, 3.8) is 0 Å². The quantitative estimate of drug-likeness (QED) is 0.528. The number of aryl methyl sites for hydroxylation is 1. The van der Waals surface area contributed by atoms with Crippen LogP contribution in [0.2, 0.25) is 0 Å². The number of hydrogen-bond acceptors (Lipinski definition) is 5. The van der Waals surface area contributed by atoms with E-state index in [-0.39, 0.29) is 18.4 Å². The van der Waals surface area contributed by atoms with E-state index >= 15 is 0 Å². The van der Waals surface area contributed by atoms with Crippen LogP contribution in [0, 0.1) is 6.92 Å². The maximum absolute atomic E-state index is 12.2. The van der Waals surface area contributed by atoms with Gasteiger partial charge in [-0.1, -0.05) is 0 Å². The number of aromatic nitrogens is 2. The molecule has 110 valence electrons. The van der Waals surface area contributed by atoms with Crippen molar-refractivity contribution in [2.75, 3.05) is 6.26 Å². The van der Waals surface area contributed by atoms with E-state index in [4.69, 9.17) is 5.11 Å². The van der Waals surface area contributed by atoms with Crippen LogP contribution in [0.3, 0.4) is 0 Å². The van der Waals surface area contributed by atoms with Crippen molar-refractivity contribution >= 4 is 23.6 Å². The fourth-order valence-electron chi connectivity index (χ4n) is 1.68. The van der Waals surface area contributed by atoms with Gasteiger partial charge in [-0.3, -0.25) is 9.59 Å². The first-order valence-electron chi connectivity index (χ1n) is 6.02. The maximum atomic E-state index is 12.2. The fraction of sp³-hybridized carbons (Fsp3) is 0.500. The van der Waals surface area contributed by atoms with Gasteiger partial charge in [0.05, 0.1) is 5.56 Å². The molecular weight excluding hydrogens is 282 g/mol. The van der Waals surface area contributed by atoms with Crippen molar-refractivity contribution < 1.29 is 14.7 Å². The number of aromatic amines is 1. The second kappa shape index (κ2) is 7.09. The van der Waals surface area contributed by atoms with Crippen LogP contribution in [0.5, 0.6) is 0 Å². The van der Waals surface area contributed by atoms with Crippen molar-refractivity contribution in [2.24, 2.45) is 0 Å². The van der Waals surface area contributed by atoms with Gasteiger partial charge in [0, 0.05) is 18.2 Å². The molecule has 7 nitrogen and oxygen atoms in total. The number of rotatable bonds is 6. The zero-order valence-corrected chi connectivity index (χ0v) is 12.3. The monoisotopic (exact) mass is 299 g/mol. The van der Waals surface area contributed by atoms with Gasteiger partial charge in [-0.25, -0.2) is 4.79 Å². The number of thioether (sulfide) groups is 1. The number of H-pyrrole nitrogens is 1. The third-order valence-electron chi connectivity index (χ3n) is 2.68. The predicted octanol–water partition coefficient (Wildman–Crippen LogP) is 0.783. The molecule has 0 radical (unpaired) electrons. The van der Waals surface area contributed by atoms with Gasteiger partial charge < -0.3 is 15.4 Å². The molecule has 0 aliphatic rings. The second-order valence-corrected chi connectivity index (χ2v) is 5.15. The molecule has 1 aromatic rings. The third kappa shape index (κ3) is 4.37. The molecule has 0 aromatic carbocycles. The molecule has 1 unspecified atom stereocenters. The van der Waals surface area contributed by atoms with Gasteiger partial charge in [-0.15, -0.1) is 11.8 Å². The number of carbonyl (C=O) groups excluding carboxylic acids is 1. The average molecular weight is 299 g/mol. The Kier molecular flexibility index (Phi) is 5.75. The Morgan fingerprint density at radius 3 is 2.70 bits per heavy atom. The van der Waals surface area contributed by atoms with Crippen LogP contribution in [-0.2, 0) is 4.79 Å². The number of nitrogens with zero attached hydrogens (tertiary/aromatic N) is 1. The van der Waals surface area contributed by atoms with Crippen LogP contribution in [0.1, 0.15) is 35.8 Å². The predicted molar refractivity (Wildman–Crippen MR) is 75.2 cm³/mol. The normalized spacial score (nSPS) is 11.9. The largest absolute Gasteiger partial charge is 0.481 e. The molecule has 1 heterocycles. The minimum absolute atomic E-state index is 0.0142. The highest BCUT2D eigenvalue weighted by atomic mass is 32.2. The lowest BCUT2D eigenvalue weighted by Crippen LogP contribution is -2.35. The van der Waals surface area contributed by atoms with Crippen molar-refractivity contribution in [3.8, 4) is 0 Å². The first-order valence-corrected chi connectivity index (χ1v) is 7.25. The van der Waals surface area contributed by atoms with E-state index in [0.717, 1.165) is 0 Å². The molecule has 0 saturated heterocycles. The molecule has 0 saturated carbocycles. The van der Waals surface area contributed by atoms with E-state index in [1.807, 2.05) is 0 Å². The number of carboxylic acids is 1. The molecular formula is C12H17N3O4S. The Morgan fingerprint density at radius 2 is 2.15 bits per heavy atom. The summed E-state index contributed by atoms with van der Waals surface area (Å²) in [7, 11) is 0. The number of amides is 1. The molecule has 1 amide bonds. The van der Waals surface area contributed by atoms with Gasteiger partial charge >= 0.3 is 11.7 Å². The van der Waals surface area contributed by atoms with Crippen LogP contribution < -0.4 is 11.0 Å². The number of carboxylic acid groups (broad SMARTS) is 1. The van der Waals surface area contributed by atoms with Crippen LogP contribution in [-0.4, -0.2) is 39.2 Å². The van der Waals surface area contributed by atoms with Crippen LogP contribution in [0.15, 0.2) is 9.82 Å². The zero-order chi connectivity index (χ0) is 15.3. The van der Waals surface area contributed by atoms with Gasteiger partial charge in [0.15, 0.2) is 0 Å². The second-order valence-electron chi connectivity index (χ2n) is 4.36. The lowest BCUT2D eigenvalue weighted by Gasteiger charge is -2.15. The summed E-state index contributed by atoms with van der Waals surface area (Å²) >= 11 is 1.21. The van der Waals surface area contributed by atoms with E-state index in [9.17, 15) is 14.4 Å². The van der Waals surface area contributed by atoms with Gasteiger partial charge in [-0.2, -0.15) is 4.98 Å². The summed E-state index contributed by atoms with van der Waals surface area (Å²) in [5, 5.41) is 11.7. The number of nitrogens with one attached hydrogen (secondary N) is 2. The topological polar surface area (TPSA) is 112 Å². The molecule has 1 aromatic heterocycles. The minimum atomic E-state index is -0.905. The lowest BCUT2D eigenvalue weighted by atomic mass is 10.1. The summed E-state index contributed by atoms with van der Waals surface area (Å²) in [5.41, 5.74) is 0.263. The van der Waals surface area contributed by atoms with Crippen molar-refractivity contribution in [3.05, 3.63) is 21.7 Å². The first-order chi connectivity index (χ1) is 9.35. The van der Waals surface area contributed by atoms with E-state index in [1.54, 1.807) is 20.1 Å². The van der Waals surface area contributed by atoms with Crippen LogP contribution in [0.4, 0.5) is 0 Å². The summed E-state index contributed by atoms with van der Waals surface area (Å²) < 4.78 is 0. The molecule has 0 spiro atoms. The third-order valence-corrected chi connectivity index (χ3v) is 3.36. The van der Waals surface area contributed by atoms with Gasteiger partial charge in [-0.05, 0) is 26.5 Å². The summed E-state index contributed by atoms with van der Waals surface area (Å²) in [5.74, 6) is -1.27. The van der Waals surface area contributed by atoms with Gasteiger partial charge in [0.2, 0.25) is 0 Å². The van der Waals surface area contributed by atoms with E-state index < -0.39 is 11.7 Å². The average Bonchev–Trinajstić information content (AvgIpc) is 2.34. The van der Waals surface area contributed by atoms with E-state index in [2.05, 4.69) is 15.3 Å². The standard InChI is InChI=1S/C12H17N3O4S/c1-6(4-5-8(16)17)13-10(18)9-7(2)14-12(19)15-11(9)20-3/h6H,4-5H2,1-3H3,(H,13,18)(H,16,17)(H,14,15,19). The Balaban J connectivity index is 2.87. The SMILES string of the molecule is CSc1nc(=O)[nH]c(C)c1C(=O)NC(C)CCC(=O)O. The Labute approximate surface area is 120 Å². The molecule has 8 heteroatoms. The summed E-state index contributed by atoms with van der Waals surface area (Å²) in [6.07, 6.45) is 2.05. The molecule has 1 rings (SSSR count). The lowest BCUT2D eigenvalue weighted by molar-refractivity contribution is -0.137. The van der Waals surface area contributed by atoms with E-state index in [0.29, 0.717) is 22.7 Å². The van der Waals surface area contributed by atoms with Crippen molar-refractivity contribution in [1.82, 2.24) is 15.3 Å². The minimum Gasteiger partial charge on any atom is -0.481 e. The Morgan fingerprint density at radius 1 is 1.50 bits per heavy atom. The Hall–Kier alpha value is -1.83. The van der Waals surface area contributed by atoms with Gasteiger partial charge in [0.25, 0.3) is 5.91 Å². The maximum Gasteiger partial charge on any atom is 0.346 e. The van der Waals surface area contributed by atoms with Crippen molar-refractivity contribution in [2.45, 2.75) is 37.8 Å². The summed E-state index contributed by atoms with van der Waals surface area (Å²) in [6, 6.07) is -0.278. The highest BCUT2D eigenvalue weighted by Crippen LogP contribution is 2.18. The molecule has 0 fully saturated rings. The zero-order valence-electron chi connectivity index (χ0n) is 11.5. The molecule has 0 aliphatic carbocycles. The highest BCUT2D eigenvalue weighted by Gasteiger charge is 2.18. The number of carbonyl (C=O) groups is 2. The molecule has 20 heavy (non-hydrogen) atoms.